The first kappa shape index (κ1) is 22.6. The lowest BCUT2D eigenvalue weighted by molar-refractivity contribution is -0.259. The summed E-state index contributed by atoms with van der Waals surface area (Å²) in [6, 6.07) is 0. The summed E-state index contributed by atoms with van der Waals surface area (Å²) in [4.78, 5) is 22.4. The molecule has 0 saturated carbocycles. The predicted molar refractivity (Wildman–Crippen MR) is 96.8 cm³/mol. The van der Waals surface area contributed by atoms with Crippen molar-refractivity contribution < 1.29 is 29.7 Å². The van der Waals surface area contributed by atoms with Gasteiger partial charge in [-0.05, 0) is 46.6 Å². The fourth-order valence-corrected chi connectivity index (χ4v) is 3.60. The zero-order chi connectivity index (χ0) is 20.0. The number of nitrogens with zero attached hydrogens (tertiary/aromatic N) is 1. The van der Waals surface area contributed by atoms with E-state index in [4.69, 9.17) is 9.84 Å². The van der Waals surface area contributed by atoms with Crippen molar-refractivity contribution in [2.45, 2.75) is 95.9 Å². The number of aliphatic hydroxyl groups is 1. The van der Waals surface area contributed by atoms with Crippen LogP contribution in [-0.4, -0.2) is 55.7 Å². The van der Waals surface area contributed by atoms with Crippen LogP contribution in [0, 0.1) is 0 Å². The van der Waals surface area contributed by atoms with Crippen LogP contribution in [0.25, 0.3) is 0 Å². The summed E-state index contributed by atoms with van der Waals surface area (Å²) in [5.74, 6) is -1.32. The van der Waals surface area contributed by atoms with E-state index in [0.29, 0.717) is 38.5 Å². The van der Waals surface area contributed by atoms with E-state index in [2.05, 4.69) is 0 Å². The topological polar surface area (TPSA) is 107 Å². The molecule has 0 radical (unpaired) electrons. The lowest BCUT2D eigenvalue weighted by Crippen LogP contribution is -2.60. The number of carbonyl (C=O) groups excluding carboxylic acids is 1. The number of piperidine rings is 1. The van der Waals surface area contributed by atoms with Crippen molar-refractivity contribution in [3.8, 4) is 0 Å². The van der Waals surface area contributed by atoms with Crippen LogP contribution in [-0.2, 0) is 14.3 Å². The van der Waals surface area contributed by atoms with Gasteiger partial charge in [0.05, 0.1) is 6.10 Å². The van der Waals surface area contributed by atoms with Crippen LogP contribution in [0.3, 0.4) is 0 Å². The van der Waals surface area contributed by atoms with Crippen molar-refractivity contribution in [1.82, 2.24) is 5.06 Å². The van der Waals surface area contributed by atoms with Gasteiger partial charge in [0.2, 0.25) is 0 Å². The number of ether oxygens (including phenoxy) is 1. The highest BCUT2D eigenvalue weighted by Crippen LogP contribution is 2.38. The fraction of sp³-hybridized carbons (Fsp3) is 0.789. The number of carboxylic acid groups (broad SMARTS) is 1. The average molecular weight is 371 g/mol. The lowest BCUT2D eigenvalue weighted by atomic mass is 9.80. The fourth-order valence-electron chi connectivity index (χ4n) is 3.60. The molecule has 1 saturated heterocycles. The molecule has 1 atom stereocenters. The van der Waals surface area contributed by atoms with Crippen LogP contribution >= 0.6 is 0 Å². The second kappa shape index (κ2) is 9.48. The van der Waals surface area contributed by atoms with Crippen LogP contribution in [0.5, 0.6) is 0 Å². The standard InChI is InChI=1S/C19H33NO6/c1-18(2)12-15(13-19(3,4)20(18)25)26-17(24)9-7-5-6-8-14(21)10-11-16(22)23/h10-11,14-15,21,25H,5-9,12-13H2,1-4H3,(H,22,23)/b11-10+. The molecule has 0 amide bonds. The van der Waals surface area contributed by atoms with Gasteiger partial charge in [-0.2, -0.15) is 5.06 Å². The van der Waals surface area contributed by atoms with Crippen LogP contribution in [0.15, 0.2) is 12.2 Å². The number of hydrogen-bond donors (Lipinski definition) is 3. The van der Waals surface area contributed by atoms with Crippen molar-refractivity contribution >= 4 is 11.9 Å². The van der Waals surface area contributed by atoms with Gasteiger partial charge in [0, 0.05) is 36.4 Å². The minimum atomic E-state index is -1.08. The summed E-state index contributed by atoms with van der Waals surface area (Å²) >= 11 is 0. The Balaban J connectivity index is 2.27. The largest absolute Gasteiger partial charge is 0.478 e. The van der Waals surface area contributed by atoms with Crippen molar-refractivity contribution in [3.63, 3.8) is 0 Å². The smallest absolute Gasteiger partial charge is 0.328 e. The maximum Gasteiger partial charge on any atom is 0.328 e. The predicted octanol–water partition coefficient (Wildman–Crippen LogP) is 2.89. The van der Waals surface area contributed by atoms with Crippen molar-refractivity contribution in [1.29, 1.82) is 0 Å². The molecule has 7 nitrogen and oxygen atoms in total. The molecule has 0 bridgehead atoms. The van der Waals surface area contributed by atoms with E-state index in [1.165, 1.54) is 11.1 Å². The average Bonchev–Trinajstić information content (AvgIpc) is 2.49. The number of unbranched alkanes of at least 4 members (excludes halogenated alkanes) is 2. The summed E-state index contributed by atoms with van der Waals surface area (Å²) in [7, 11) is 0. The summed E-state index contributed by atoms with van der Waals surface area (Å²) in [6.45, 7) is 7.72. The van der Waals surface area contributed by atoms with Crippen molar-refractivity contribution in [2.24, 2.45) is 0 Å². The summed E-state index contributed by atoms with van der Waals surface area (Å²) in [6.07, 6.45) is 5.31. The number of aliphatic carboxylic acids is 1. The molecule has 0 spiro atoms. The number of esters is 1. The molecule has 1 heterocycles. The van der Waals surface area contributed by atoms with Gasteiger partial charge in [0.15, 0.2) is 0 Å². The molecule has 1 unspecified atom stereocenters. The minimum Gasteiger partial charge on any atom is -0.478 e. The van der Waals surface area contributed by atoms with Gasteiger partial charge < -0.3 is 20.2 Å². The molecule has 0 aromatic rings. The van der Waals surface area contributed by atoms with Gasteiger partial charge in [-0.3, -0.25) is 4.79 Å². The zero-order valence-corrected chi connectivity index (χ0v) is 16.3. The Bertz CT molecular complexity index is 496. The number of carboxylic acids is 1. The Morgan fingerprint density at radius 1 is 1.15 bits per heavy atom. The Labute approximate surface area is 155 Å². The maximum atomic E-state index is 12.1. The summed E-state index contributed by atoms with van der Waals surface area (Å²) < 4.78 is 5.60. The van der Waals surface area contributed by atoms with E-state index in [0.717, 1.165) is 12.5 Å². The van der Waals surface area contributed by atoms with Crippen molar-refractivity contribution in [2.75, 3.05) is 0 Å². The Morgan fingerprint density at radius 2 is 1.73 bits per heavy atom. The minimum absolute atomic E-state index is 0.209. The number of hydrogen-bond acceptors (Lipinski definition) is 6. The van der Waals surface area contributed by atoms with Crippen LogP contribution in [0.4, 0.5) is 0 Å². The molecular formula is C19H33NO6. The van der Waals surface area contributed by atoms with Crippen molar-refractivity contribution in [3.05, 3.63) is 12.2 Å². The molecule has 26 heavy (non-hydrogen) atoms. The monoisotopic (exact) mass is 371 g/mol. The van der Waals surface area contributed by atoms with Gasteiger partial charge in [-0.1, -0.05) is 12.8 Å². The van der Waals surface area contributed by atoms with E-state index < -0.39 is 23.2 Å². The molecule has 1 aliphatic heterocycles. The van der Waals surface area contributed by atoms with E-state index in [9.17, 15) is 19.9 Å². The van der Waals surface area contributed by atoms with E-state index in [1.54, 1.807) is 0 Å². The van der Waals surface area contributed by atoms with Crippen LogP contribution in [0.2, 0.25) is 0 Å². The number of aliphatic hydroxyl groups excluding tert-OH is 1. The quantitative estimate of drug-likeness (QED) is 0.325. The molecule has 0 aromatic heterocycles. The van der Waals surface area contributed by atoms with Gasteiger partial charge in [0.1, 0.15) is 6.10 Å². The summed E-state index contributed by atoms with van der Waals surface area (Å²) in [5.41, 5.74) is -0.904. The van der Waals surface area contributed by atoms with Gasteiger partial charge >= 0.3 is 11.9 Å². The molecular weight excluding hydrogens is 338 g/mol. The van der Waals surface area contributed by atoms with Gasteiger partial charge in [-0.25, -0.2) is 4.79 Å². The van der Waals surface area contributed by atoms with E-state index in [1.807, 2.05) is 27.7 Å². The first-order chi connectivity index (χ1) is 11.9. The third-order valence-electron chi connectivity index (χ3n) is 4.74. The van der Waals surface area contributed by atoms with Gasteiger partial charge in [-0.15, -0.1) is 0 Å². The Kier molecular flexibility index (Phi) is 8.24. The number of hydroxylamine groups is 2. The highest BCUT2D eigenvalue weighted by molar-refractivity contribution is 5.79. The zero-order valence-electron chi connectivity index (χ0n) is 16.3. The summed E-state index contributed by atoms with van der Waals surface area (Å²) in [5, 5.41) is 29.7. The Morgan fingerprint density at radius 3 is 2.27 bits per heavy atom. The van der Waals surface area contributed by atoms with E-state index >= 15 is 0 Å². The van der Waals surface area contributed by atoms with Gasteiger partial charge in [0.25, 0.3) is 0 Å². The molecule has 1 fully saturated rings. The second-order valence-electron chi connectivity index (χ2n) is 8.32. The third-order valence-corrected chi connectivity index (χ3v) is 4.74. The molecule has 0 aliphatic carbocycles. The second-order valence-corrected chi connectivity index (χ2v) is 8.32. The highest BCUT2D eigenvalue weighted by atomic mass is 16.5. The molecule has 150 valence electrons. The number of rotatable bonds is 9. The molecule has 1 rings (SSSR count). The first-order valence-electron chi connectivity index (χ1n) is 9.22. The molecule has 7 heteroatoms. The molecule has 0 aromatic carbocycles. The third kappa shape index (κ3) is 7.43. The van der Waals surface area contributed by atoms with Crippen LogP contribution < -0.4 is 0 Å². The lowest BCUT2D eigenvalue weighted by Gasteiger charge is -2.50. The molecule has 1 aliphatic rings. The normalized spacial score (nSPS) is 21.6. The van der Waals surface area contributed by atoms with Crippen LogP contribution in [0.1, 0.15) is 72.6 Å². The highest BCUT2D eigenvalue weighted by Gasteiger charge is 2.46. The van der Waals surface area contributed by atoms with E-state index in [-0.39, 0.29) is 12.1 Å². The first-order valence-corrected chi connectivity index (χ1v) is 9.22. The number of carbonyl (C=O) groups is 2. The SMILES string of the molecule is CC1(C)CC(OC(=O)CCCCCC(O)/C=C/C(=O)O)CC(C)(C)N1O. The Hall–Kier alpha value is -1.44. The molecule has 3 N–H and O–H groups in total. The maximum absolute atomic E-state index is 12.1.